The van der Waals surface area contributed by atoms with Gasteiger partial charge in [0.05, 0.1) is 17.2 Å². The van der Waals surface area contributed by atoms with Gasteiger partial charge < -0.3 is 4.74 Å². The van der Waals surface area contributed by atoms with E-state index in [9.17, 15) is 39.5 Å². The van der Waals surface area contributed by atoms with E-state index in [1.54, 1.807) is 0 Å². The Balaban J connectivity index is 1.86. The molecule has 0 aromatic heterocycles. The molecule has 2 aromatic rings. The summed E-state index contributed by atoms with van der Waals surface area (Å²) in [5.74, 6) is -6.37. The number of ether oxygens (including phenoxy) is 1. The summed E-state index contributed by atoms with van der Waals surface area (Å²) in [4.78, 5) is 0. The van der Waals surface area contributed by atoms with E-state index < -0.39 is 71.3 Å². The predicted molar refractivity (Wildman–Crippen MR) is 92.1 cm³/mol. The summed E-state index contributed by atoms with van der Waals surface area (Å²) in [6.07, 6.45) is -10.1. The molecule has 1 aliphatic rings. The van der Waals surface area contributed by atoms with Crippen LogP contribution >= 0.6 is 0 Å². The average molecular weight is 468 g/mol. The lowest BCUT2D eigenvalue weighted by Crippen LogP contribution is -2.44. The Labute approximate surface area is 175 Å². The minimum Gasteiger partial charge on any atom is -0.489 e. The number of benzene rings is 2. The lowest BCUT2D eigenvalue weighted by atomic mass is 9.88. The highest BCUT2D eigenvalue weighted by Gasteiger charge is 2.51. The first-order valence-electron chi connectivity index (χ1n) is 9.02. The molecule has 3 nitrogen and oxygen atoms in total. The van der Waals surface area contributed by atoms with Crippen molar-refractivity contribution in [1.29, 1.82) is 5.26 Å². The van der Waals surface area contributed by atoms with Crippen LogP contribution in [0.15, 0.2) is 30.3 Å². The monoisotopic (exact) mass is 468 g/mol. The summed E-state index contributed by atoms with van der Waals surface area (Å²) in [6.45, 7) is -0.590. The highest BCUT2D eigenvalue weighted by atomic mass is 19.4. The molecule has 32 heavy (non-hydrogen) atoms. The van der Waals surface area contributed by atoms with E-state index >= 15 is 0 Å². The second-order valence-electron chi connectivity index (χ2n) is 7.15. The summed E-state index contributed by atoms with van der Waals surface area (Å²) in [5, 5.41) is 11.1. The molecule has 0 aliphatic carbocycles. The Morgan fingerprint density at radius 1 is 0.969 bits per heavy atom. The molecule has 0 amide bonds. The zero-order valence-electron chi connectivity index (χ0n) is 15.8. The summed E-state index contributed by atoms with van der Waals surface area (Å²) < 4.78 is 125. The minimum atomic E-state index is -4.95. The van der Waals surface area contributed by atoms with Crippen molar-refractivity contribution in [1.82, 2.24) is 5.32 Å². The molecule has 1 saturated heterocycles. The van der Waals surface area contributed by atoms with Gasteiger partial charge in [0.25, 0.3) is 0 Å². The fourth-order valence-corrected chi connectivity index (χ4v) is 3.58. The molecule has 1 N–H and O–H groups in total. The normalized spacial score (nSPS) is 21.4. The maximum Gasteiger partial charge on any atom is 0.417 e. The predicted octanol–water partition coefficient (Wildman–Crippen LogP) is 5.45. The number of rotatable bonds is 4. The Morgan fingerprint density at radius 3 is 2.22 bits per heavy atom. The van der Waals surface area contributed by atoms with Gasteiger partial charge in [-0.2, -0.15) is 31.6 Å². The van der Waals surface area contributed by atoms with Crippen LogP contribution in [0.25, 0.3) is 0 Å². The number of nitrogens with zero attached hydrogens (tertiary/aromatic N) is 1. The van der Waals surface area contributed by atoms with Crippen LogP contribution in [0.2, 0.25) is 0 Å². The van der Waals surface area contributed by atoms with Gasteiger partial charge in [0.1, 0.15) is 12.6 Å². The Kier molecular flexibility index (Phi) is 6.33. The van der Waals surface area contributed by atoms with Crippen molar-refractivity contribution >= 4 is 0 Å². The zero-order chi connectivity index (χ0) is 23.8. The number of nitrogens with one attached hydrogen (secondary N) is 1. The molecule has 3 atom stereocenters. The second kappa shape index (κ2) is 8.54. The molecule has 1 aliphatic heterocycles. The van der Waals surface area contributed by atoms with Gasteiger partial charge in [-0.25, -0.2) is 13.2 Å². The van der Waals surface area contributed by atoms with Crippen molar-refractivity contribution < 1.29 is 44.3 Å². The van der Waals surface area contributed by atoms with Crippen molar-refractivity contribution in [2.45, 2.75) is 36.8 Å². The summed E-state index contributed by atoms with van der Waals surface area (Å²) in [7, 11) is 0. The van der Waals surface area contributed by atoms with Gasteiger partial charge in [-0.15, -0.1) is 0 Å². The summed E-state index contributed by atoms with van der Waals surface area (Å²) in [5.41, 5.74) is -2.39. The van der Waals surface area contributed by atoms with Crippen molar-refractivity contribution in [2.75, 3.05) is 6.61 Å². The van der Waals surface area contributed by atoms with E-state index in [0.717, 1.165) is 12.1 Å². The molecular formula is C20H13F9N2O. The van der Waals surface area contributed by atoms with Crippen LogP contribution < -0.4 is 10.1 Å². The van der Waals surface area contributed by atoms with E-state index in [2.05, 4.69) is 5.32 Å². The largest absolute Gasteiger partial charge is 0.489 e. The van der Waals surface area contributed by atoms with Crippen molar-refractivity contribution in [3.05, 3.63) is 64.5 Å². The molecule has 0 bridgehead atoms. The molecule has 0 radical (unpaired) electrons. The highest BCUT2D eigenvalue weighted by Crippen LogP contribution is 2.42. The van der Waals surface area contributed by atoms with Crippen LogP contribution in [0.4, 0.5) is 39.5 Å². The first kappa shape index (κ1) is 23.7. The molecule has 3 unspecified atom stereocenters. The van der Waals surface area contributed by atoms with Gasteiger partial charge in [0.2, 0.25) is 0 Å². The molecule has 2 aromatic carbocycles. The Bertz CT molecular complexity index is 1040. The molecule has 0 spiro atoms. The van der Waals surface area contributed by atoms with Gasteiger partial charge in [0.15, 0.2) is 23.2 Å². The van der Waals surface area contributed by atoms with Gasteiger partial charge in [-0.3, -0.25) is 5.32 Å². The Hall–Kier alpha value is -2.94. The number of hydrogen-bond donors (Lipinski definition) is 1. The van der Waals surface area contributed by atoms with Crippen LogP contribution in [-0.4, -0.2) is 24.9 Å². The van der Waals surface area contributed by atoms with E-state index in [4.69, 9.17) is 10.00 Å². The lowest BCUT2D eigenvalue weighted by Gasteiger charge is -2.23. The smallest absolute Gasteiger partial charge is 0.417 e. The van der Waals surface area contributed by atoms with E-state index in [-0.39, 0.29) is 18.1 Å². The third-order valence-electron chi connectivity index (χ3n) is 5.02. The van der Waals surface area contributed by atoms with Crippen molar-refractivity contribution in [3.63, 3.8) is 0 Å². The first-order valence-corrected chi connectivity index (χ1v) is 9.02. The highest BCUT2D eigenvalue weighted by molar-refractivity contribution is 5.43. The fraction of sp³-hybridized carbons (Fsp3) is 0.350. The molecule has 172 valence electrons. The maximum atomic E-state index is 13.7. The second-order valence-corrected chi connectivity index (χ2v) is 7.15. The number of hydrogen-bond acceptors (Lipinski definition) is 3. The topological polar surface area (TPSA) is 45.0 Å². The molecule has 3 rings (SSSR count). The van der Waals surface area contributed by atoms with Crippen LogP contribution in [0.3, 0.4) is 0 Å². The fourth-order valence-electron chi connectivity index (χ4n) is 3.58. The summed E-state index contributed by atoms with van der Waals surface area (Å²) in [6, 6.07) is 0.928. The van der Waals surface area contributed by atoms with Gasteiger partial charge in [-0.1, -0.05) is 6.07 Å². The van der Waals surface area contributed by atoms with Crippen LogP contribution in [-0.2, 0) is 6.18 Å². The van der Waals surface area contributed by atoms with Gasteiger partial charge in [-0.05, 0) is 24.1 Å². The van der Waals surface area contributed by atoms with Gasteiger partial charge in [0, 0.05) is 24.1 Å². The van der Waals surface area contributed by atoms with Crippen molar-refractivity contribution in [2.24, 2.45) is 0 Å². The summed E-state index contributed by atoms with van der Waals surface area (Å²) >= 11 is 0. The SMILES string of the molecule is N#Cc1ccc(C2CC(COc3cc(F)c(F)cc3F)NC2C(F)(F)F)cc1C(F)(F)F. The van der Waals surface area contributed by atoms with E-state index in [1.807, 2.05) is 0 Å². The van der Waals surface area contributed by atoms with Crippen LogP contribution in [0.1, 0.15) is 29.0 Å². The quantitative estimate of drug-likeness (QED) is 0.480. The zero-order valence-corrected chi connectivity index (χ0v) is 15.8. The molecule has 12 heteroatoms. The molecule has 1 fully saturated rings. The first-order chi connectivity index (χ1) is 14.8. The Morgan fingerprint density at radius 2 is 1.62 bits per heavy atom. The number of nitriles is 1. The van der Waals surface area contributed by atoms with E-state index in [0.29, 0.717) is 12.1 Å². The number of alkyl halides is 6. The third kappa shape index (κ3) is 4.93. The average Bonchev–Trinajstić information content (AvgIpc) is 3.13. The van der Waals surface area contributed by atoms with E-state index in [1.165, 1.54) is 6.07 Å². The maximum absolute atomic E-state index is 13.7. The standard InChI is InChI=1S/C20H13F9N2O/c21-14-5-16(23)17(6-15(14)22)32-8-11-4-12(18(31-11)20(27,28)29)9-1-2-10(7-30)13(3-9)19(24,25)26/h1-3,5-6,11-12,18,31H,4,8H2. The van der Waals surface area contributed by atoms with Crippen LogP contribution in [0, 0.1) is 28.8 Å². The third-order valence-corrected chi connectivity index (χ3v) is 5.02. The van der Waals surface area contributed by atoms with Crippen LogP contribution in [0.5, 0.6) is 5.75 Å². The van der Waals surface area contributed by atoms with Crippen molar-refractivity contribution in [3.8, 4) is 11.8 Å². The lowest BCUT2D eigenvalue weighted by molar-refractivity contribution is -0.156. The van der Waals surface area contributed by atoms with Gasteiger partial charge >= 0.3 is 12.4 Å². The number of halogens is 9. The molecule has 1 heterocycles. The molecular weight excluding hydrogens is 455 g/mol. The molecule has 0 saturated carbocycles. The minimum absolute atomic E-state index is 0.212.